The Morgan fingerprint density at radius 2 is 1.30 bits per heavy atom. The topological polar surface area (TPSA) is 183 Å². The second-order valence-corrected chi connectivity index (χ2v) is 12.1. The number of carbonyl (C=O) groups is 3. The normalized spacial score (nSPS) is 15.8. The molecule has 1 rings (SSSR count). The van der Waals surface area contributed by atoms with Crippen molar-refractivity contribution in [1.29, 1.82) is 0 Å². The average Bonchev–Trinajstić information content (AvgIpc) is 2.85. The molecule has 40 heavy (non-hydrogen) atoms. The molecule has 0 bridgehead atoms. The maximum atomic E-state index is 13.4. The van der Waals surface area contributed by atoms with E-state index in [0.717, 1.165) is 5.56 Å². The second-order valence-electron chi connectivity index (χ2n) is 12.1. The molecule has 11 nitrogen and oxygen atoms in total. The Morgan fingerprint density at radius 1 is 0.825 bits per heavy atom. The van der Waals surface area contributed by atoms with Crippen LogP contribution in [0.1, 0.15) is 73.3 Å². The van der Waals surface area contributed by atoms with E-state index in [9.17, 15) is 29.7 Å². The largest absolute Gasteiger partial charge is 0.445 e. The van der Waals surface area contributed by atoms with E-state index in [-0.39, 0.29) is 37.2 Å². The van der Waals surface area contributed by atoms with Gasteiger partial charge in [-0.1, -0.05) is 71.9 Å². The lowest BCUT2D eigenvalue weighted by Crippen LogP contribution is -2.71. The summed E-state index contributed by atoms with van der Waals surface area (Å²) in [5, 5.41) is 39.4. The Bertz CT molecular complexity index is 936. The van der Waals surface area contributed by atoms with Crippen LogP contribution in [0.15, 0.2) is 30.3 Å². The van der Waals surface area contributed by atoms with Crippen LogP contribution in [-0.2, 0) is 20.9 Å². The van der Waals surface area contributed by atoms with E-state index >= 15 is 0 Å². The van der Waals surface area contributed by atoms with Crippen LogP contribution in [0.4, 0.5) is 4.79 Å². The molecule has 0 saturated carbocycles. The van der Waals surface area contributed by atoms with E-state index in [4.69, 9.17) is 10.5 Å². The molecular formula is C29H50N4O7. The van der Waals surface area contributed by atoms with Gasteiger partial charge in [-0.3, -0.25) is 9.59 Å². The number of ether oxygens (including phenoxy) is 1. The Kier molecular flexibility index (Phi) is 14.0. The zero-order chi connectivity index (χ0) is 30.7. The number of amides is 3. The molecule has 8 N–H and O–H groups in total. The van der Waals surface area contributed by atoms with Crippen molar-refractivity contribution in [2.45, 2.75) is 104 Å². The van der Waals surface area contributed by atoms with E-state index in [1.54, 1.807) is 0 Å². The predicted octanol–water partition coefficient (Wildman–Crippen LogP) is 1.78. The van der Waals surface area contributed by atoms with Crippen molar-refractivity contribution in [3.8, 4) is 0 Å². The fraction of sp³-hybridized carbons (Fsp3) is 0.690. The lowest BCUT2D eigenvalue weighted by atomic mass is 9.83. The number of rotatable bonds is 16. The van der Waals surface area contributed by atoms with Crippen LogP contribution >= 0.6 is 0 Å². The van der Waals surface area contributed by atoms with E-state index in [0.29, 0.717) is 6.42 Å². The Balaban J connectivity index is 3.08. The number of carbonyl (C=O) groups excluding carboxylic acids is 3. The van der Waals surface area contributed by atoms with Gasteiger partial charge in [-0.05, 0) is 49.5 Å². The molecule has 11 heteroatoms. The van der Waals surface area contributed by atoms with Gasteiger partial charge in [0.25, 0.3) is 0 Å². The quantitative estimate of drug-likeness (QED) is 0.148. The zero-order valence-electron chi connectivity index (χ0n) is 24.9. The fourth-order valence-electron chi connectivity index (χ4n) is 4.17. The van der Waals surface area contributed by atoms with Crippen molar-refractivity contribution in [2.75, 3.05) is 6.61 Å². The van der Waals surface area contributed by atoms with Crippen molar-refractivity contribution < 1.29 is 34.4 Å². The molecule has 4 atom stereocenters. The Hall–Kier alpha value is -2.73. The van der Waals surface area contributed by atoms with E-state index in [1.165, 1.54) is 6.92 Å². The molecule has 1 aromatic rings. The van der Waals surface area contributed by atoms with Crippen molar-refractivity contribution in [2.24, 2.45) is 23.5 Å². The van der Waals surface area contributed by atoms with Gasteiger partial charge in [-0.25, -0.2) is 4.79 Å². The van der Waals surface area contributed by atoms with Crippen LogP contribution in [-0.4, -0.2) is 69.3 Å². The summed E-state index contributed by atoms with van der Waals surface area (Å²) in [5.74, 6) is -3.86. The molecule has 0 aromatic heterocycles. The average molecular weight is 567 g/mol. The highest BCUT2D eigenvalue weighted by molar-refractivity contribution is 5.91. The van der Waals surface area contributed by atoms with Crippen molar-refractivity contribution in [1.82, 2.24) is 16.0 Å². The predicted molar refractivity (Wildman–Crippen MR) is 153 cm³/mol. The van der Waals surface area contributed by atoms with E-state index < -0.39 is 54.0 Å². The van der Waals surface area contributed by atoms with Gasteiger partial charge in [-0.2, -0.15) is 0 Å². The van der Waals surface area contributed by atoms with E-state index in [1.807, 2.05) is 71.9 Å². The molecular weight excluding hydrogens is 516 g/mol. The van der Waals surface area contributed by atoms with Crippen molar-refractivity contribution in [3.63, 3.8) is 0 Å². The van der Waals surface area contributed by atoms with Gasteiger partial charge in [0.1, 0.15) is 18.7 Å². The third-order valence-corrected chi connectivity index (χ3v) is 6.55. The minimum atomic E-state index is -2.64. The number of benzene rings is 1. The summed E-state index contributed by atoms with van der Waals surface area (Å²) < 4.78 is 5.28. The highest BCUT2D eigenvalue weighted by atomic mass is 16.5. The number of hydrogen-bond acceptors (Lipinski definition) is 8. The molecule has 0 unspecified atom stereocenters. The van der Waals surface area contributed by atoms with Crippen LogP contribution < -0.4 is 21.7 Å². The number of aliphatic hydroxyl groups excluding tert-OH is 1. The minimum Gasteiger partial charge on any atom is -0.445 e. The number of aliphatic hydroxyl groups is 3. The van der Waals surface area contributed by atoms with Crippen LogP contribution in [0, 0.1) is 17.8 Å². The Morgan fingerprint density at radius 3 is 1.77 bits per heavy atom. The summed E-state index contributed by atoms with van der Waals surface area (Å²) in [7, 11) is 0. The smallest absolute Gasteiger partial charge is 0.408 e. The van der Waals surface area contributed by atoms with Gasteiger partial charge >= 0.3 is 6.09 Å². The molecule has 1 aromatic carbocycles. The van der Waals surface area contributed by atoms with Gasteiger partial charge in [-0.15, -0.1) is 0 Å². The van der Waals surface area contributed by atoms with Crippen molar-refractivity contribution in [3.05, 3.63) is 35.9 Å². The first-order chi connectivity index (χ1) is 18.5. The third kappa shape index (κ3) is 11.4. The van der Waals surface area contributed by atoms with Crippen LogP contribution in [0.25, 0.3) is 0 Å². The molecule has 0 heterocycles. The van der Waals surface area contributed by atoms with Gasteiger partial charge < -0.3 is 41.7 Å². The van der Waals surface area contributed by atoms with Gasteiger partial charge in [0.2, 0.25) is 17.6 Å². The van der Waals surface area contributed by atoms with Crippen LogP contribution in [0.5, 0.6) is 0 Å². The van der Waals surface area contributed by atoms with Crippen molar-refractivity contribution >= 4 is 17.9 Å². The standard InChI is InChI=1S/C29H50N4O7/c1-18(2)13-22(26(36)33-24(15-20(5)6)29(38,39)28(7,30)17-34)31-25(35)23(14-19(3)4)32-27(37)40-16-21-11-9-8-10-12-21/h8-12,18-20,22-24,34,38-39H,13-17,30H2,1-7H3,(H,31,35)(H,32,37)(H,33,36)/t22-,23-,24-,28-/m0/s1. The summed E-state index contributed by atoms with van der Waals surface area (Å²) >= 11 is 0. The number of alkyl carbamates (subject to hydrolysis) is 1. The van der Waals surface area contributed by atoms with Crippen LogP contribution in [0.2, 0.25) is 0 Å². The highest BCUT2D eigenvalue weighted by Crippen LogP contribution is 2.25. The summed E-state index contributed by atoms with van der Waals surface area (Å²) in [6.45, 7) is 11.8. The SMILES string of the molecule is CC(C)C[C@H](NC(=O)OCc1ccccc1)C(=O)N[C@@H](CC(C)C)C(=O)N[C@@H](CC(C)C)C(O)(O)[C@@](C)(N)CO. The summed E-state index contributed by atoms with van der Waals surface area (Å²) in [4.78, 5) is 39.3. The zero-order valence-corrected chi connectivity index (χ0v) is 24.9. The molecule has 0 spiro atoms. The molecule has 0 saturated heterocycles. The molecule has 3 amide bonds. The Labute approximate surface area is 238 Å². The first kappa shape index (κ1) is 35.3. The van der Waals surface area contributed by atoms with E-state index in [2.05, 4.69) is 16.0 Å². The number of hydrogen-bond donors (Lipinski definition) is 7. The lowest BCUT2D eigenvalue weighted by Gasteiger charge is -2.43. The van der Waals surface area contributed by atoms with Gasteiger partial charge in [0, 0.05) is 0 Å². The first-order valence-electron chi connectivity index (χ1n) is 13.9. The molecule has 0 radical (unpaired) electrons. The first-order valence-corrected chi connectivity index (χ1v) is 13.9. The highest BCUT2D eigenvalue weighted by Gasteiger charge is 2.49. The molecule has 228 valence electrons. The second kappa shape index (κ2) is 15.9. The molecule has 0 fully saturated rings. The fourth-order valence-corrected chi connectivity index (χ4v) is 4.17. The van der Waals surface area contributed by atoms with Gasteiger partial charge in [0.15, 0.2) is 0 Å². The maximum absolute atomic E-state index is 13.4. The summed E-state index contributed by atoms with van der Waals surface area (Å²) in [5.41, 5.74) is 4.92. The molecule has 0 aliphatic heterocycles. The minimum absolute atomic E-state index is 0.00262. The van der Waals surface area contributed by atoms with Crippen LogP contribution in [0.3, 0.4) is 0 Å². The maximum Gasteiger partial charge on any atom is 0.408 e. The molecule has 0 aliphatic carbocycles. The number of nitrogens with one attached hydrogen (secondary N) is 3. The molecule has 0 aliphatic rings. The third-order valence-electron chi connectivity index (χ3n) is 6.55. The lowest BCUT2D eigenvalue weighted by molar-refractivity contribution is -0.234. The monoisotopic (exact) mass is 566 g/mol. The number of nitrogens with two attached hydrogens (primary N) is 1. The van der Waals surface area contributed by atoms with Gasteiger partial charge in [0.05, 0.1) is 18.2 Å². The summed E-state index contributed by atoms with van der Waals surface area (Å²) in [6.07, 6.45) is -0.0548. The summed E-state index contributed by atoms with van der Waals surface area (Å²) in [6, 6.07) is 5.90.